The van der Waals surface area contributed by atoms with Crippen LogP contribution in [0.25, 0.3) is 0 Å². The molecule has 0 saturated heterocycles. The molecule has 0 aliphatic heterocycles. The van der Waals surface area contributed by atoms with E-state index in [1.807, 2.05) is 0 Å². The molecule has 0 aromatic heterocycles. The molecule has 0 spiro atoms. The van der Waals surface area contributed by atoms with Crippen molar-refractivity contribution < 1.29 is 19.2 Å². The van der Waals surface area contributed by atoms with Crippen molar-refractivity contribution in [3.8, 4) is 11.5 Å². The Balaban J connectivity index is 2.02. The number of nitro benzene ring substituents is 1. The maximum Gasteiger partial charge on any atom is 0.271 e. The van der Waals surface area contributed by atoms with E-state index in [9.17, 15) is 14.9 Å². The van der Waals surface area contributed by atoms with Gasteiger partial charge in [0.1, 0.15) is 11.5 Å². The molecule has 0 fully saturated rings. The lowest BCUT2D eigenvalue weighted by atomic mass is 10.1. The van der Waals surface area contributed by atoms with Crippen LogP contribution in [0.3, 0.4) is 0 Å². The van der Waals surface area contributed by atoms with E-state index >= 15 is 0 Å². The highest BCUT2D eigenvalue weighted by atomic mass is 35.5. The van der Waals surface area contributed by atoms with Crippen LogP contribution < -0.4 is 9.47 Å². The zero-order chi connectivity index (χ0) is 16.1. The molecule has 2 rings (SSSR count). The Morgan fingerprint density at radius 3 is 2.45 bits per heavy atom. The molecule has 0 bridgehead atoms. The van der Waals surface area contributed by atoms with Crippen molar-refractivity contribution in [2.75, 3.05) is 13.7 Å². The monoisotopic (exact) mass is 321 g/mol. The second-order valence-corrected chi connectivity index (χ2v) is 4.72. The van der Waals surface area contributed by atoms with Gasteiger partial charge in [-0.05, 0) is 30.3 Å². The van der Waals surface area contributed by atoms with Crippen LogP contribution in [0.5, 0.6) is 11.5 Å². The number of rotatable bonds is 6. The van der Waals surface area contributed by atoms with Crippen LogP contribution >= 0.6 is 11.6 Å². The molecule has 0 atom stereocenters. The van der Waals surface area contributed by atoms with Crippen LogP contribution in [0.4, 0.5) is 5.69 Å². The Labute approximate surface area is 131 Å². The molecule has 0 aliphatic carbocycles. The Hall–Kier alpha value is -2.60. The van der Waals surface area contributed by atoms with Crippen LogP contribution in [0.2, 0.25) is 5.02 Å². The summed E-state index contributed by atoms with van der Waals surface area (Å²) in [6, 6.07) is 10.4. The summed E-state index contributed by atoms with van der Waals surface area (Å²) in [5.74, 6) is 0.627. The van der Waals surface area contributed by atoms with E-state index < -0.39 is 4.92 Å². The van der Waals surface area contributed by atoms with Gasteiger partial charge < -0.3 is 9.47 Å². The predicted molar refractivity (Wildman–Crippen MR) is 80.9 cm³/mol. The molecule has 0 N–H and O–H groups in total. The number of carbonyl (C=O) groups excluding carboxylic acids is 1. The molecular formula is C15H12ClNO5. The zero-order valence-corrected chi connectivity index (χ0v) is 12.4. The second kappa shape index (κ2) is 6.91. The lowest BCUT2D eigenvalue weighted by Gasteiger charge is -2.07. The predicted octanol–water partition coefficient (Wildman–Crippen LogP) is 3.52. The van der Waals surface area contributed by atoms with Crippen LogP contribution in [0, 0.1) is 10.1 Å². The number of Topliss-reactive ketones (excluding diaryl/α,β-unsaturated/α-hetero) is 1. The van der Waals surface area contributed by atoms with E-state index in [2.05, 4.69) is 0 Å². The SMILES string of the molecule is COc1ccc(C(=O)COc2ccc([N+](=O)[O-])cc2Cl)cc1. The number of ether oxygens (including phenoxy) is 2. The van der Waals surface area contributed by atoms with Gasteiger partial charge in [0.2, 0.25) is 0 Å². The van der Waals surface area contributed by atoms with Gasteiger partial charge in [0.15, 0.2) is 12.4 Å². The Bertz CT molecular complexity index is 700. The van der Waals surface area contributed by atoms with Crippen LogP contribution in [-0.2, 0) is 0 Å². The minimum atomic E-state index is -0.557. The number of nitro groups is 1. The lowest BCUT2D eigenvalue weighted by molar-refractivity contribution is -0.384. The molecule has 2 aromatic rings. The summed E-state index contributed by atoms with van der Waals surface area (Å²) in [6.07, 6.45) is 0. The molecule has 114 valence electrons. The molecular weight excluding hydrogens is 310 g/mol. The number of hydrogen-bond acceptors (Lipinski definition) is 5. The molecule has 2 aromatic carbocycles. The maximum absolute atomic E-state index is 12.0. The van der Waals surface area contributed by atoms with Gasteiger partial charge >= 0.3 is 0 Å². The summed E-state index contributed by atoms with van der Waals surface area (Å²) < 4.78 is 10.3. The number of ketones is 1. The van der Waals surface area contributed by atoms with Crippen LogP contribution in [0.15, 0.2) is 42.5 Å². The topological polar surface area (TPSA) is 78.7 Å². The third-order valence-corrected chi connectivity index (χ3v) is 3.19. The minimum Gasteiger partial charge on any atom is -0.497 e. The molecule has 0 radical (unpaired) electrons. The zero-order valence-electron chi connectivity index (χ0n) is 11.6. The van der Waals surface area contributed by atoms with Gasteiger partial charge in [0, 0.05) is 17.7 Å². The van der Waals surface area contributed by atoms with Crippen molar-refractivity contribution in [3.05, 3.63) is 63.2 Å². The van der Waals surface area contributed by atoms with E-state index in [0.29, 0.717) is 11.3 Å². The number of benzene rings is 2. The first-order valence-electron chi connectivity index (χ1n) is 6.25. The summed E-state index contributed by atoms with van der Waals surface area (Å²) >= 11 is 5.89. The van der Waals surface area contributed by atoms with Crippen molar-refractivity contribution >= 4 is 23.1 Å². The van der Waals surface area contributed by atoms with Crippen molar-refractivity contribution in [1.82, 2.24) is 0 Å². The number of hydrogen-bond donors (Lipinski definition) is 0. The van der Waals surface area contributed by atoms with Gasteiger partial charge in [-0.1, -0.05) is 11.6 Å². The summed E-state index contributed by atoms with van der Waals surface area (Å²) in [6.45, 7) is -0.218. The molecule has 0 saturated carbocycles. The van der Waals surface area contributed by atoms with E-state index in [-0.39, 0.29) is 28.8 Å². The first kappa shape index (κ1) is 15.8. The van der Waals surface area contributed by atoms with Gasteiger partial charge in [0.25, 0.3) is 5.69 Å². The average Bonchev–Trinajstić information content (AvgIpc) is 2.53. The fourth-order valence-electron chi connectivity index (χ4n) is 1.72. The van der Waals surface area contributed by atoms with Crippen molar-refractivity contribution in [1.29, 1.82) is 0 Å². The number of non-ortho nitro benzene ring substituents is 1. The molecule has 0 unspecified atom stereocenters. The number of carbonyl (C=O) groups is 1. The van der Waals surface area contributed by atoms with E-state index in [4.69, 9.17) is 21.1 Å². The lowest BCUT2D eigenvalue weighted by Crippen LogP contribution is -2.11. The van der Waals surface area contributed by atoms with E-state index in [1.165, 1.54) is 25.3 Å². The molecule has 22 heavy (non-hydrogen) atoms. The Kier molecular flexibility index (Phi) is 4.95. The van der Waals surface area contributed by atoms with Gasteiger partial charge in [0.05, 0.1) is 17.1 Å². The molecule has 0 aliphatic rings. The fraction of sp³-hybridized carbons (Fsp3) is 0.133. The third-order valence-electron chi connectivity index (χ3n) is 2.90. The standard InChI is InChI=1S/C15H12ClNO5/c1-21-12-5-2-10(3-6-12)14(18)9-22-15-7-4-11(17(19)20)8-13(15)16/h2-8H,9H2,1H3. The third kappa shape index (κ3) is 3.73. The summed E-state index contributed by atoms with van der Waals surface area (Å²) in [5.41, 5.74) is 0.331. The van der Waals surface area contributed by atoms with Gasteiger partial charge in [-0.15, -0.1) is 0 Å². The van der Waals surface area contributed by atoms with Crippen molar-refractivity contribution in [2.24, 2.45) is 0 Å². The average molecular weight is 322 g/mol. The highest BCUT2D eigenvalue weighted by Gasteiger charge is 2.12. The normalized spacial score (nSPS) is 10.1. The smallest absolute Gasteiger partial charge is 0.271 e. The van der Waals surface area contributed by atoms with E-state index in [0.717, 1.165) is 0 Å². The van der Waals surface area contributed by atoms with Crippen molar-refractivity contribution in [2.45, 2.75) is 0 Å². The fourth-order valence-corrected chi connectivity index (χ4v) is 1.95. The quantitative estimate of drug-likeness (QED) is 0.462. The summed E-state index contributed by atoms with van der Waals surface area (Å²) in [5, 5.41) is 10.7. The number of methoxy groups -OCH3 is 1. The Morgan fingerprint density at radius 2 is 1.91 bits per heavy atom. The number of halogens is 1. The maximum atomic E-state index is 12.0. The highest BCUT2D eigenvalue weighted by molar-refractivity contribution is 6.32. The van der Waals surface area contributed by atoms with Crippen LogP contribution in [-0.4, -0.2) is 24.4 Å². The van der Waals surface area contributed by atoms with Gasteiger partial charge in [-0.2, -0.15) is 0 Å². The molecule has 7 heteroatoms. The summed E-state index contributed by atoms with van der Waals surface area (Å²) in [7, 11) is 1.54. The molecule has 0 heterocycles. The van der Waals surface area contributed by atoms with Gasteiger partial charge in [-0.25, -0.2) is 0 Å². The largest absolute Gasteiger partial charge is 0.497 e. The minimum absolute atomic E-state index is 0.0803. The van der Waals surface area contributed by atoms with Crippen LogP contribution in [0.1, 0.15) is 10.4 Å². The second-order valence-electron chi connectivity index (χ2n) is 4.31. The highest BCUT2D eigenvalue weighted by Crippen LogP contribution is 2.28. The molecule has 0 amide bonds. The van der Waals surface area contributed by atoms with Crippen molar-refractivity contribution in [3.63, 3.8) is 0 Å². The first-order chi connectivity index (χ1) is 10.5. The molecule has 6 nitrogen and oxygen atoms in total. The van der Waals surface area contributed by atoms with Gasteiger partial charge in [-0.3, -0.25) is 14.9 Å². The summed E-state index contributed by atoms with van der Waals surface area (Å²) in [4.78, 5) is 22.0. The first-order valence-corrected chi connectivity index (χ1v) is 6.63. The van der Waals surface area contributed by atoms with E-state index in [1.54, 1.807) is 24.3 Å². The Morgan fingerprint density at radius 1 is 1.23 bits per heavy atom. The number of nitrogens with zero attached hydrogens (tertiary/aromatic N) is 1.